The predicted octanol–water partition coefficient (Wildman–Crippen LogP) is 4.20. The summed E-state index contributed by atoms with van der Waals surface area (Å²) in [5, 5.41) is 9.15. The highest BCUT2D eigenvalue weighted by atomic mass is 16.5. The van der Waals surface area contributed by atoms with Gasteiger partial charge in [-0.15, -0.1) is 0 Å². The Morgan fingerprint density at radius 1 is 1.10 bits per heavy atom. The Labute approximate surface area is 174 Å². The summed E-state index contributed by atoms with van der Waals surface area (Å²) in [5.41, 5.74) is 3.87. The van der Waals surface area contributed by atoms with Crippen molar-refractivity contribution < 1.29 is 13.5 Å². The first-order valence-electron chi connectivity index (χ1n) is 9.76. The number of pyridine rings is 1. The minimum atomic E-state index is 0.333. The standard InChI is InChI=1S/C21H15N7O3/c1-2-4-13-18-12(9-14(16-5-3-8-29-16)24-21(18)31-26-13)20-25-19(27-30-20)15-10-23-17-11-22-6-7-28(15)17/h3,5-11H,2,4H2,1H3. The van der Waals surface area contributed by atoms with Crippen LogP contribution in [0.4, 0.5) is 0 Å². The van der Waals surface area contributed by atoms with E-state index in [1.807, 2.05) is 16.5 Å². The average molecular weight is 413 g/mol. The second-order valence-electron chi connectivity index (χ2n) is 6.96. The second-order valence-corrected chi connectivity index (χ2v) is 6.96. The maximum Gasteiger partial charge on any atom is 0.259 e. The smallest absolute Gasteiger partial charge is 0.259 e. The van der Waals surface area contributed by atoms with Gasteiger partial charge in [-0.1, -0.05) is 23.7 Å². The van der Waals surface area contributed by atoms with E-state index in [4.69, 9.17) is 13.5 Å². The average Bonchev–Trinajstić information content (AvgIpc) is 3.59. The van der Waals surface area contributed by atoms with E-state index in [1.54, 1.807) is 37.1 Å². The molecule has 6 aromatic rings. The van der Waals surface area contributed by atoms with Crippen LogP contribution in [-0.4, -0.2) is 34.6 Å². The predicted molar refractivity (Wildman–Crippen MR) is 109 cm³/mol. The van der Waals surface area contributed by atoms with Gasteiger partial charge in [-0.05, 0) is 24.6 Å². The van der Waals surface area contributed by atoms with Gasteiger partial charge in [0.2, 0.25) is 5.82 Å². The quantitative estimate of drug-likeness (QED) is 0.409. The number of imidazole rings is 1. The number of aromatic nitrogens is 7. The van der Waals surface area contributed by atoms with Crippen LogP contribution in [-0.2, 0) is 6.42 Å². The molecule has 0 spiro atoms. The van der Waals surface area contributed by atoms with Crippen LogP contribution in [0.15, 0.2) is 62.7 Å². The number of hydrogen-bond donors (Lipinski definition) is 0. The summed E-state index contributed by atoms with van der Waals surface area (Å²) in [4.78, 5) is 17.6. The number of hydrogen-bond acceptors (Lipinski definition) is 9. The molecule has 10 nitrogen and oxygen atoms in total. The van der Waals surface area contributed by atoms with Crippen molar-refractivity contribution in [1.82, 2.24) is 34.6 Å². The van der Waals surface area contributed by atoms with Crippen LogP contribution >= 0.6 is 0 Å². The molecule has 0 bridgehead atoms. The van der Waals surface area contributed by atoms with Gasteiger partial charge in [-0.25, -0.2) is 9.97 Å². The maximum absolute atomic E-state index is 5.66. The normalized spacial score (nSPS) is 11.6. The van der Waals surface area contributed by atoms with E-state index in [9.17, 15) is 0 Å². The summed E-state index contributed by atoms with van der Waals surface area (Å²) in [5.74, 6) is 1.34. The van der Waals surface area contributed by atoms with Gasteiger partial charge in [-0.3, -0.25) is 9.38 Å². The van der Waals surface area contributed by atoms with Crippen LogP contribution in [0.25, 0.3) is 51.2 Å². The van der Waals surface area contributed by atoms with Crippen LogP contribution in [0, 0.1) is 0 Å². The summed E-state index contributed by atoms with van der Waals surface area (Å²) in [6.07, 6.45) is 10.1. The third kappa shape index (κ3) is 2.80. The lowest BCUT2D eigenvalue weighted by atomic mass is 10.1. The molecule has 0 aliphatic heterocycles. The van der Waals surface area contributed by atoms with Gasteiger partial charge in [-0.2, -0.15) is 4.98 Å². The monoisotopic (exact) mass is 413 g/mol. The van der Waals surface area contributed by atoms with Crippen molar-refractivity contribution in [2.45, 2.75) is 19.8 Å². The lowest BCUT2D eigenvalue weighted by Crippen LogP contribution is -1.92. The third-order valence-corrected chi connectivity index (χ3v) is 4.98. The first-order valence-corrected chi connectivity index (χ1v) is 9.76. The molecular weight excluding hydrogens is 398 g/mol. The molecule has 6 heterocycles. The van der Waals surface area contributed by atoms with Crippen molar-refractivity contribution in [2.24, 2.45) is 0 Å². The third-order valence-electron chi connectivity index (χ3n) is 4.98. The zero-order valence-corrected chi connectivity index (χ0v) is 16.4. The maximum atomic E-state index is 5.66. The Balaban J connectivity index is 1.54. The van der Waals surface area contributed by atoms with Crippen molar-refractivity contribution in [3.05, 3.63) is 54.9 Å². The van der Waals surface area contributed by atoms with Crippen molar-refractivity contribution in [3.63, 3.8) is 0 Å². The molecule has 6 aromatic heterocycles. The first-order chi connectivity index (χ1) is 15.3. The Morgan fingerprint density at radius 2 is 2.06 bits per heavy atom. The van der Waals surface area contributed by atoms with Crippen LogP contribution < -0.4 is 0 Å². The summed E-state index contributed by atoms with van der Waals surface area (Å²) < 4.78 is 18.6. The fraction of sp³-hybridized carbons (Fsp3) is 0.143. The molecule has 0 fully saturated rings. The molecular formula is C21H15N7O3. The van der Waals surface area contributed by atoms with Crippen LogP contribution in [0.3, 0.4) is 0 Å². The van der Waals surface area contributed by atoms with Gasteiger partial charge in [0.1, 0.15) is 11.4 Å². The van der Waals surface area contributed by atoms with E-state index in [-0.39, 0.29) is 0 Å². The molecule has 0 unspecified atom stereocenters. The molecule has 6 rings (SSSR count). The SMILES string of the molecule is CCCc1noc2nc(-c3ccco3)cc(-c3nc(-c4cnc5cnccn45)no3)c12. The molecule has 0 atom stereocenters. The zero-order valence-electron chi connectivity index (χ0n) is 16.4. The van der Waals surface area contributed by atoms with Gasteiger partial charge in [0.25, 0.3) is 11.6 Å². The molecule has 0 aliphatic rings. The molecule has 10 heteroatoms. The summed E-state index contributed by atoms with van der Waals surface area (Å²) in [6.45, 7) is 2.08. The summed E-state index contributed by atoms with van der Waals surface area (Å²) in [6, 6.07) is 5.48. The molecule has 31 heavy (non-hydrogen) atoms. The Kier molecular flexibility index (Phi) is 3.88. The fourth-order valence-electron chi connectivity index (χ4n) is 3.58. The molecule has 0 N–H and O–H groups in total. The lowest BCUT2D eigenvalue weighted by molar-refractivity contribution is 0.432. The first kappa shape index (κ1) is 17.5. The largest absolute Gasteiger partial charge is 0.463 e. The van der Waals surface area contributed by atoms with Crippen molar-refractivity contribution in [3.8, 4) is 34.4 Å². The highest BCUT2D eigenvalue weighted by molar-refractivity contribution is 5.93. The molecule has 0 saturated heterocycles. The lowest BCUT2D eigenvalue weighted by Gasteiger charge is -2.02. The fourth-order valence-corrected chi connectivity index (χ4v) is 3.58. The number of rotatable bonds is 5. The Bertz CT molecular complexity index is 1510. The number of fused-ring (bicyclic) bond motifs is 2. The van der Waals surface area contributed by atoms with Gasteiger partial charge >= 0.3 is 0 Å². The Morgan fingerprint density at radius 3 is 2.94 bits per heavy atom. The highest BCUT2D eigenvalue weighted by Crippen LogP contribution is 2.34. The van der Waals surface area contributed by atoms with Crippen LogP contribution in [0.5, 0.6) is 0 Å². The summed E-state index contributed by atoms with van der Waals surface area (Å²) in [7, 11) is 0. The van der Waals surface area contributed by atoms with Gasteiger partial charge in [0, 0.05) is 12.4 Å². The van der Waals surface area contributed by atoms with Gasteiger partial charge in [0.15, 0.2) is 11.4 Å². The molecule has 0 amide bonds. The van der Waals surface area contributed by atoms with Gasteiger partial charge in [0.05, 0.1) is 35.3 Å². The molecule has 0 aromatic carbocycles. The van der Waals surface area contributed by atoms with Crippen molar-refractivity contribution in [1.29, 1.82) is 0 Å². The second kappa shape index (κ2) is 6.87. The van der Waals surface area contributed by atoms with Crippen molar-refractivity contribution in [2.75, 3.05) is 0 Å². The number of nitrogens with zero attached hydrogens (tertiary/aromatic N) is 7. The van der Waals surface area contributed by atoms with E-state index >= 15 is 0 Å². The molecule has 0 radical (unpaired) electrons. The Hall–Kier alpha value is -4.34. The van der Waals surface area contributed by atoms with E-state index in [0.717, 1.165) is 23.9 Å². The van der Waals surface area contributed by atoms with Crippen LogP contribution in [0.1, 0.15) is 19.0 Å². The van der Waals surface area contributed by atoms with E-state index in [0.29, 0.717) is 45.8 Å². The molecule has 0 aliphatic carbocycles. The van der Waals surface area contributed by atoms with Crippen LogP contribution in [0.2, 0.25) is 0 Å². The van der Waals surface area contributed by atoms with Gasteiger partial charge < -0.3 is 13.5 Å². The minimum absolute atomic E-state index is 0.333. The highest BCUT2D eigenvalue weighted by Gasteiger charge is 2.23. The molecule has 152 valence electrons. The minimum Gasteiger partial charge on any atom is -0.463 e. The number of aryl methyl sites for hydroxylation is 1. The van der Waals surface area contributed by atoms with E-state index in [2.05, 4.69) is 37.2 Å². The zero-order chi connectivity index (χ0) is 20.8. The topological polar surface area (TPSA) is 121 Å². The van der Waals surface area contributed by atoms with E-state index in [1.165, 1.54) is 0 Å². The summed E-state index contributed by atoms with van der Waals surface area (Å²) >= 11 is 0. The number of furan rings is 1. The molecule has 0 saturated carbocycles. The van der Waals surface area contributed by atoms with Crippen molar-refractivity contribution >= 4 is 16.7 Å². The van der Waals surface area contributed by atoms with E-state index < -0.39 is 0 Å².